The predicted octanol–water partition coefficient (Wildman–Crippen LogP) is 4.81. The minimum absolute atomic E-state index is 0.0383. The lowest BCUT2D eigenvalue weighted by atomic mass is 9.73. The van der Waals surface area contributed by atoms with Gasteiger partial charge in [0, 0.05) is 30.2 Å². The number of ether oxygens (including phenoxy) is 1. The van der Waals surface area contributed by atoms with Crippen LogP contribution in [-0.4, -0.2) is 18.7 Å². The molecular weight excluding hydrogens is 312 g/mol. The van der Waals surface area contributed by atoms with Crippen LogP contribution in [0.5, 0.6) is 5.75 Å². The normalized spacial score (nSPS) is 18.6. The van der Waals surface area contributed by atoms with E-state index in [1.165, 1.54) is 0 Å². The summed E-state index contributed by atoms with van der Waals surface area (Å²) in [6.45, 7) is 0. The molecular formula is C22H24O3. The molecule has 2 aromatic rings. The molecule has 0 saturated heterocycles. The van der Waals surface area contributed by atoms with Crippen molar-refractivity contribution in [1.82, 2.24) is 0 Å². The van der Waals surface area contributed by atoms with Gasteiger partial charge in [0.05, 0.1) is 7.11 Å². The molecule has 0 spiro atoms. The van der Waals surface area contributed by atoms with Crippen LogP contribution in [0, 0.1) is 5.92 Å². The van der Waals surface area contributed by atoms with Crippen molar-refractivity contribution in [3.05, 3.63) is 65.7 Å². The first-order valence-electron chi connectivity index (χ1n) is 8.94. The van der Waals surface area contributed by atoms with E-state index in [0.29, 0.717) is 24.2 Å². The van der Waals surface area contributed by atoms with Gasteiger partial charge >= 0.3 is 0 Å². The lowest BCUT2D eigenvalue weighted by Crippen LogP contribution is -2.27. The maximum atomic E-state index is 12.8. The quantitative estimate of drug-likeness (QED) is 0.711. The van der Waals surface area contributed by atoms with Crippen molar-refractivity contribution < 1.29 is 14.3 Å². The third-order valence-electron chi connectivity index (χ3n) is 5.13. The van der Waals surface area contributed by atoms with Gasteiger partial charge in [0.1, 0.15) is 11.5 Å². The molecule has 25 heavy (non-hydrogen) atoms. The summed E-state index contributed by atoms with van der Waals surface area (Å²) in [6, 6.07) is 17.2. The van der Waals surface area contributed by atoms with Crippen LogP contribution in [0.2, 0.25) is 0 Å². The van der Waals surface area contributed by atoms with E-state index in [-0.39, 0.29) is 17.6 Å². The fraction of sp³-hybridized carbons (Fsp3) is 0.364. The monoisotopic (exact) mass is 336 g/mol. The van der Waals surface area contributed by atoms with Crippen molar-refractivity contribution in [3.63, 3.8) is 0 Å². The molecule has 3 nitrogen and oxygen atoms in total. The molecule has 2 aromatic carbocycles. The van der Waals surface area contributed by atoms with Crippen molar-refractivity contribution >= 4 is 11.6 Å². The highest BCUT2D eigenvalue weighted by atomic mass is 16.5. The minimum Gasteiger partial charge on any atom is -0.497 e. The first kappa shape index (κ1) is 17.4. The topological polar surface area (TPSA) is 43.4 Å². The number of Topliss-reactive ketones (excluding diaryl/α,β-unsaturated/α-hetero) is 2. The summed E-state index contributed by atoms with van der Waals surface area (Å²) in [5.41, 5.74) is 1.76. The summed E-state index contributed by atoms with van der Waals surface area (Å²) in [7, 11) is 1.61. The maximum Gasteiger partial charge on any atom is 0.163 e. The Morgan fingerprint density at radius 1 is 1.08 bits per heavy atom. The van der Waals surface area contributed by atoms with Gasteiger partial charge in [0.15, 0.2) is 5.78 Å². The van der Waals surface area contributed by atoms with Crippen LogP contribution in [0.3, 0.4) is 0 Å². The highest BCUT2D eigenvalue weighted by Crippen LogP contribution is 2.37. The van der Waals surface area contributed by atoms with Gasteiger partial charge in [-0.1, -0.05) is 36.8 Å². The van der Waals surface area contributed by atoms with Crippen LogP contribution in [0.15, 0.2) is 54.6 Å². The summed E-state index contributed by atoms with van der Waals surface area (Å²) in [4.78, 5) is 25.3. The predicted molar refractivity (Wildman–Crippen MR) is 98.1 cm³/mol. The van der Waals surface area contributed by atoms with Gasteiger partial charge in [-0.15, -0.1) is 0 Å². The van der Waals surface area contributed by atoms with E-state index in [0.717, 1.165) is 30.6 Å². The van der Waals surface area contributed by atoms with E-state index in [4.69, 9.17) is 4.74 Å². The smallest absolute Gasteiger partial charge is 0.163 e. The molecule has 3 heteroatoms. The number of carbonyl (C=O) groups excluding carboxylic acids is 2. The van der Waals surface area contributed by atoms with E-state index in [9.17, 15) is 9.59 Å². The number of carbonyl (C=O) groups is 2. The van der Waals surface area contributed by atoms with Crippen LogP contribution in [-0.2, 0) is 4.79 Å². The van der Waals surface area contributed by atoms with E-state index < -0.39 is 0 Å². The average Bonchev–Trinajstić information content (AvgIpc) is 2.67. The number of hydrogen-bond acceptors (Lipinski definition) is 3. The molecule has 0 amide bonds. The van der Waals surface area contributed by atoms with Crippen LogP contribution in [0.1, 0.15) is 53.9 Å². The van der Waals surface area contributed by atoms with Crippen LogP contribution < -0.4 is 4.74 Å². The molecule has 3 rings (SSSR count). The van der Waals surface area contributed by atoms with Crippen LogP contribution in [0.25, 0.3) is 0 Å². The average molecular weight is 336 g/mol. The number of ketones is 2. The Bertz CT molecular complexity index is 719. The summed E-state index contributed by atoms with van der Waals surface area (Å²) in [6.07, 6.45) is 3.94. The molecule has 1 fully saturated rings. The second-order valence-corrected chi connectivity index (χ2v) is 6.69. The molecule has 1 saturated carbocycles. The Hall–Kier alpha value is -2.42. The van der Waals surface area contributed by atoms with E-state index in [2.05, 4.69) is 0 Å². The number of methoxy groups -OCH3 is 1. The zero-order valence-electron chi connectivity index (χ0n) is 14.6. The molecule has 1 aliphatic carbocycles. The molecule has 0 bridgehead atoms. The van der Waals surface area contributed by atoms with E-state index in [1.807, 2.05) is 30.3 Å². The van der Waals surface area contributed by atoms with Crippen molar-refractivity contribution in [3.8, 4) is 5.75 Å². The molecule has 0 aromatic heterocycles. The number of rotatable bonds is 6. The Labute approximate surface area is 149 Å². The van der Waals surface area contributed by atoms with Gasteiger partial charge in [0.25, 0.3) is 0 Å². The molecule has 0 heterocycles. The van der Waals surface area contributed by atoms with Crippen molar-refractivity contribution in [1.29, 1.82) is 0 Å². The van der Waals surface area contributed by atoms with Gasteiger partial charge in [-0.2, -0.15) is 0 Å². The first-order chi connectivity index (χ1) is 12.2. The molecule has 0 N–H and O–H groups in total. The molecule has 130 valence electrons. The SMILES string of the molecule is COc1ccc(C(=O)C[C@@H](c2ccccc2)[C@@H]2CCCCC2=O)cc1. The molecule has 1 aliphatic rings. The fourth-order valence-corrected chi connectivity index (χ4v) is 3.72. The Morgan fingerprint density at radius 3 is 2.44 bits per heavy atom. The van der Waals surface area contributed by atoms with Gasteiger partial charge in [-0.25, -0.2) is 0 Å². The Morgan fingerprint density at radius 2 is 1.80 bits per heavy atom. The van der Waals surface area contributed by atoms with Crippen LogP contribution >= 0.6 is 0 Å². The summed E-state index contributed by atoms with van der Waals surface area (Å²) in [5, 5.41) is 0. The lowest BCUT2D eigenvalue weighted by Gasteiger charge is -2.29. The largest absolute Gasteiger partial charge is 0.497 e. The standard InChI is InChI=1S/C22H24O3/c1-25-18-13-11-17(12-14-18)22(24)15-20(16-7-3-2-4-8-16)19-9-5-6-10-21(19)23/h2-4,7-8,11-14,19-20H,5-6,9-10,15H2,1H3/t19-,20-/m0/s1. The van der Waals surface area contributed by atoms with Crippen molar-refractivity contribution in [2.24, 2.45) is 5.92 Å². The summed E-state index contributed by atoms with van der Waals surface area (Å²) in [5.74, 6) is 1.04. The fourth-order valence-electron chi connectivity index (χ4n) is 3.72. The second-order valence-electron chi connectivity index (χ2n) is 6.69. The minimum atomic E-state index is -0.0432. The molecule has 0 unspecified atom stereocenters. The van der Waals surface area contributed by atoms with Gasteiger partial charge in [0.2, 0.25) is 0 Å². The maximum absolute atomic E-state index is 12.8. The molecule has 0 radical (unpaired) electrons. The first-order valence-corrected chi connectivity index (χ1v) is 8.94. The van der Waals surface area contributed by atoms with Crippen LogP contribution in [0.4, 0.5) is 0 Å². The zero-order chi connectivity index (χ0) is 17.6. The zero-order valence-corrected chi connectivity index (χ0v) is 14.6. The van der Waals surface area contributed by atoms with Crippen molar-refractivity contribution in [2.75, 3.05) is 7.11 Å². The van der Waals surface area contributed by atoms with Crippen molar-refractivity contribution in [2.45, 2.75) is 38.0 Å². The molecule has 0 aliphatic heterocycles. The third kappa shape index (κ3) is 4.16. The second kappa shape index (κ2) is 8.11. The van der Waals surface area contributed by atoms with Gasteiger partial charge in [-0.05, 0) is 42.7 Å². The highest BCUT2D eigenvalue weighted by Gasteiger charge is 2.32. The Balaban J connectivity index is 1.83. The van der Waals surface area contributed by atoms with Gasteiger partial charge < -0.3 is 4.74 Å². The number of hydrogen-bond donors (Lipinski definition) is 0. The summed E-state index contributed by atoms with van der Waals surface area (Å²) >= 11 is 0. The number of benzene rings is 2. The molecule has 2 atom stereocenters. The van der Waals surface area contributed by atoms with E-state index >= 15 is 0 Å². The van der Waals surface area contributed by atoms with Gasteiger partial charge in [-0.3, -0.25) is 9.59 Å². The third-order valence-corrected chi connectivity index (χ3v) is 5.13. The van der Waals surface area contributed by atoms with E-state index in [1.54, 1.807) is 31.4 Å². The Kier molecular flexibility index (Phi) is 5.64. The lowest BCUT2D eigenvalue weighted by molar-refractivity contribution is -0.125. The summed E-state index contributed by atoms with van der Waals surface area (Å²) < 4.78 is 5.15. The highest BCUT2D eigenvalue weighted by molar-refractivity contribution is 5.97.